The highest BCUT2D eigenvalue weighted by Crippen LogP contribution is 2.30. The van der Waals surface area contributed by atoms with Gasteiger partial charge in [-0.25, -0.2) is 0 Å². The Labute approximate surface area is 123 Å². The number of hydrogen-bond acceptors (Lipinski definition) is 3. The molecule has 0 bridgehead atoms. The molecule has 21 heavy (non-hydrogen) atoms. The first-order chi connectivity index (χ1) is 9.88. The van der Waals surface area contributed by atoms with Crippen LogP contribution in [0.5, 0.6) is 0 Å². The van der Waals surface area contributed by atoms with E-state index < -0.39 is 4.92 Å². The van der Waals surface area contributed by atoms with Crippen molar-refractivity contribution in [1.29, 1.82) is 0 Å². The Hall–Kier alpha value is -2.43. The third kappa shape index (κ3) is 3.37. The summed E-state index contributed by atoms with van der Waals surface area (Å²) in [6, 6.07) is 3.28. The number of nitrogens with one attached hydrogen (secondary N) is 1. The Morgan fingerprint density at radius 1 is 1.38 bits per heavy atom. The maximum Gasteiger partial charge on any atom is 0.293 e. The quantitative estimate of drug-likeness (QED) is 0.680. The smallest absolute Gasteiger partial charge is 0.293 e. The van der Waals surface area contributed by atoms with E-state index in [1.54, 1.807) is 19.9 Å². The molecule has 5 nitrogen and oxygen atoms in total. The summed E-state index contributed by atoms with van der Waals surface area (Å²) in [7, 11) is 0. The fourth-order valence-electron chi connectivity index (χ4n) is 2.33. The summed E-state index contributed by atoms with van der Waals surface area (Å²) < 4.78 is 0. The van der Waals surface area contributed by atoms with Crippen LogP contribution in [0.1, 0.15) is 24.5 Å². The van der Waals surface area contributed by atoms with Crippen LogP contribution in [-0.4, -0.2) is 10.8 Å². The van der Waals surface area contributed by atoms with Gasteiger partial charge in [-0.05, 0) is 37.3 Å². The molecule has 110 valence electrons. The zero-order valence-electron chi connectivity index (χ0n) is 12.3. The van der Waals surface area contributed by atoms with E-state index in [1.165, 1.54) is 6.07 Å². The van der Waals surface area contributed by atoms with E-state index in [2.05, 4.69) is 12.2 Å². The Morgan fingerprint density at radius 3 is 2.67 bits per heavy atom. The van der Waals surface area contributed by atoms with Crippen molar-refractivity contribution in [3.63, 3.8) is 0 Å². The van der Waals surface area contributed by atoms with Crippen LogP contribution in [0, 0.1) is 29.9 Å². The van der Waals surface area contributed by atoms with Gasteiger partial charge in [0, 0.05) is 11.6 Å². The lowest BCUT2D eigenvalue weighted by molar-refractivity contribution is -0.384. The molecule has 0 saturated carbocycles. The Bertz CT molecular complexity index is 660. The minimum Gasteiger partial charge on any atom is -0.316 e. The number of anilines is 1. The van der Waals surface area contributed by atoms with Crippen LogP contribution in [-0.2, 0) is 4.79 Å². The third-order valence-electron chi connectivity index (χ3n) is 3.47. The van der Waals surface area contributed by atoms with Gasteiger partial charge in [0.15, 0.2) is 0 Å². The Balaban J connectivity index is 2.30. The predicted molar refractivity (Wildman–Crippen MR) is 82.2 cm³/mol. The molecule has 0 aromatic heterocycles. The molecule has 1 atom stereocenters. The molecule has 1 aromatic rings. The van der Waals surface area contributed by atoms with Gasteiger partial charge >= 0.3 is 0 Å². The topological polar surface area (TPSA) is 72.2 Å². The van der Waals surface area contributed by atoms with Crippen molar-refractivity contribution in [3.05, 3.63) is 57.2 Å². The van der Waals surface area contributed by atoms with Gasteiger partial charge in [-0.2, -0.15) is 0 Å². The van der Waals surface area contributed by atoms with Crippen LogP contribution in [0.3, 0.4) is 0 Å². The second-order valence-electron chi connectivity index (χ2n) is 5.42. The number of allylic oxidation sites excluding steroid dienone is 2. The van der Waals surface area contributed by atoms with Gasteiger partial charge in [0.05, 0.1) is 4.92 Å². The molecule has 1 N–H and O–H groups in total. The maximum absolute atomic E-state index is 12.2. The molecule has 0 radical (unpaired) electrons. The molecule has 0 aliphatic heterocycles. The van der Waals surface area contributed by atoms with Crippen molar-refractivity contribution in [3.8, 4) is 0 Å². The summed E-state index contributed by atoms with van der Waals surface area (Å²) in [6.07, 6.45) is 6.38. The molecule has 0 spiro atoms. The van der Waals surface area contributed by atoms with E-state index >= 15 is 0 Å². The van der Waals surface area contributed by atoms with E-state index in [-0.39, 0.29) is 17.3 Å². The lowest BCUT2D eigenvalue weighted by Crippen LogP contribution is -2.17. The summed E-state index contributed by atoms with van der Waals surface area (Å²) in [5.74, 6) is 0.102. The van der Waals surface area contributed by atoms with E-state index in [1.807, 2.05) is 18.2 Å². The number of aryl methyl sites for hydroxylation is 2. The van der Waals surface area contributed by atoms with Gasteiger partial charge in [-0.1, -0.05) is 31.2 Å². The van der Waals surface area contributed by atoms with Gasteiger partial charge in [-0.15, -0.1) is 0 Å². The maximum atomic E-state index is 12.2. The monoisotopic (exact) mass is 286 g/mol. The second-order valence-corrected chi connectivity index (χ2v) is 5.42. The lowest BCUT2D eigenvalue weighted by Gasteiger charge is -2.13. The first-order valence-electron chi connectivity index (χ1n) is 6.84. The van der Waals surface area contributed by atoms with Crippen molar-refractivity contribution < 1.29 is 9.72 Å². The zero-order chi connectivity index (χ0) is 15.6. The molecule has 2 rings (SSSR count). The third-order valence-corrected chi connectivity index (χ3v) is 3.47. The highest BCUT2D eigenvalue weighted by molar-refractivity contribution is 6.07. The number of rotatable bonds is 3. The van der Waals surface area contributed by atoms with Crippen molar-refractivity contribution in [1.82, 2.24) is 0 Å². The van der Waals surface area contributed by atoms with Crippen LogP contribution in [0.2, 0.25) is 0 Å². The molecule has 1 aliphatic rings. The first-order valence-corrected chi connectivity index (χ1v) is 6.84. The van der Waals surface area contributed by atoms with E-state index in [0.717, 1.165) is 12.0 Å². The van der Waals surface area contributed by atoms with Gasteiger partial charge in [0.1, 0.15) is 5.69 Å². The summed E-state index contributed by atoms with van der Waals surface area (Å²) in [5.41, 5.74) is 2.21. The van der Waals surface area contributed by atoms with E-state index in [0.29, 0.717) is 17.1 Å². The normalized spacial score (nSPS) is 17.3. The standard InChI is InChI=1S/C16H18N2O3/c1-10-4-6-13(7-5-10)16(19)17-15-12(3)8-11(2)9-14(15)18(20)21/h4,6-10H,5H2,1-3H3,(H,17,19). The minimum atomic E-state index is -0.469. The predicted octanol–water partition coefficient (Wildman–Crippen LogP) is 3.67. The number of hydrogen-bond donors (Lipinski definition) is 1. The van der Waals surface area contributed by atoms with Gasteiger partial charge < -0.3 is 5.32 Å². The Morgan fingerprint density at radius 2 is 2.10 bits per heavy atom. The van der Waals surface area contributed by atoms with Crippen molar-refractivity contribution in [2.45, 2.75) is 27.2 Å². The highest BCUT2D eigenvalue weighted by Gasteiger charge is 2.20. The number of amides is 1. The number of carbonyl (C=O) groups excluding carboxylic acids is 1. The SMILES string of the molecule is Cc1cc(C)c(NC(=O)C2=CCC(C)C=C2)c([N+](=O)[O-])c1. The summed E-state index contributed by atoms with van der Waals surface area (Å²) in [5, 5.41) is 13.8. The molecule has 1 amide bonds. The van der Waals surface area contributed by atoms with Gasteiger partial charge in [0.2, 0.25) is 0 Å². The van der Waals surface area contributed by atoms with Crippen molar-refractivity contribution >= 4 is 17.3 Å². The number of nitro groups is 1. The van der Waals surface area contributed by atoms with Crippen LogP contribution in [0.25, 0.3) is 0 Å². The molecule has 0 heterocycles. The molecule has 0 fully saturated rings. The number of nitrogens with zero attached hydrogens (tertiary/aromatic N) is 1. The molecular formula is C16H18N2O3. The Kier molecular flexibility index (Phi) is 4.21. The molecular weight excluding hydrogens is 268 g/mol. The number of benzene rings is 1. The lowest BCUT2D eigenvalue weighted by atomic mass is 9.98. The van der Waals surface area contributed by atoms with E-state index in [9.17, 15) is 14.9 Å². The molecule has 5 heteroatoms. The fourth-order valence-corrected chi connectivity index (χ4v) is 2.33. The average molecular weight is 286 g/mol. The number of carbonyl (C=O) groups is 1. The summed E-state index contributed by atoms with van der Waals surface area (Å²) in [4.78, 5) is 22.9. The van der Waals surface area contributed by atoms with Crippen LogP contribution < -0.4 is 5.32 Å². The molecule has 0 saturated heterocycles. The summed E-state index contributed by atoms with van der Waals surface area (Å²) >= 11 is 0. The molecule has 1 aliphatic carbocycles. The van der Waals surface area contributed by atoms with Crippen LogP contribution in [0.15, 0.2) is 35.9 Å². The fraction of sp³-hybridized carbons (Fsp3) is 0.312. The first kappa shape index (κ1) is 15.0. The highest BCUT2D eigenvalue weighted by atomic mass is 16.6. The van der Waals surface area contributed by atoms with Gasteiger partial charge in [-0.3, -0.25) is 14.9 Å². The van der Waals surface area contributed by atoms with Crippen molar-refractivity contribution in [2.24, 2.45) is 5.92 Å². The minimum absolute atomic E-state index is 0.0744. The van der Waals surface area contributed by atoms with Crippen molar-refractivity contribution in [2.75, 3.05) is 5.32 Å². The molecule has 1 unspecified atom stereocenters. The number of nitro benzene ring substituents is 1. The van der Waals surface area contributed by atoms with Crippen LogP contribution in [0.4, 0.5) is 11.4 Å². The average Bonchev–Trinajstić information content (AvgIpc) is 2.41. The van der Waals surface area contributed by atoms with E-state index in [4.69, 9.17) is 0 Å². The summed E-state index contributed by atoms with van der Waals surface area (Å²) in [6.45, 7) is 5.61. The second kappa shape index (κ2) is 5.91. The largest absolute Gasteiger partial charge is 0.316 e. The molecule has 1 aromatic carbocycles. The van der Waals surface area contributed by atoms with Crippen LogP contribution >= 0.6 is 0 Å². The zero-order valence-corrected chi connectivity index (χ0v) is 12.3. The van der Waals surface area contributed by atoms with Gasteiger partial charge in [0.25, 0.3) is 11.6 Å².